The SMILES string of the molecule is Cc1csc(C2(C#N)CC2)c1. The monoisotopic (exact) mass is 163 g/mol. The summed E-state index contributed by atoms with van der Waals surface area (Å²) in [5.74, 6) is 0. The van der Waals surface area contributed by atoms with Crippen molar-refractivity contribution in [1.29, 1.82) is 5.26 Å². The molecule has 2 heteroatoms. The van der Waals surface area contributed by atoms with E-state index in [1.165, 1.54) is 10.4 Å². The van der Waals surface area contributed by atoms with Crippen molar-refractivity contribution in [1.82, 2.24) is 0 Å². The molecule has 0 bridgehead atoms. The molecule has 1 heterocycles. The van der Waals surface area contributed by atoms with Crippen molar-refractivity contribution in [3.05, 3.63) is 21.9 Å². The van der Waals surface area contributed by atoms with E-state index < -0.39 is 0 Å². The van der Waals surface area contributed by atoms with Crippen LogP contribution < -0.4 is 0 Å². The lowest BCUT2D eigenvalue weighted by atomic mass is 10.1. The molecule has 0 aliphatic heterocycles. The van der Waals surface area contributed by atoms with Crippen LogP contribution in [0.15, 0.2) is 11.4 Å². The fraction of sp³-hybridized carbons (Fsp3) is 0.444. The topological polar surface area (TPSA) is 23.8 Å². The first kappa shape index (κ1) is 6.87. The number of thiophene rings is 1. The van der Waals surface area contributed by atoms with Crippen molar-refractivity contribution in [3.63, 3.8) is 0 Å². The number of nitrogens with zero attached hydrogens (tertiary/aromatic N) is 1. The zero-order chi connectivity index (χ0) is 7.90. The molecule has 56 valence electrons. The summed E-state index contributed by atoms with van der Waals surface area (Å²) < 4.78 is 0. The van der Waals surface area contributed by atoms with Gasteiger partial charge in [0.05, 0.1) is 11.5 Å². The summed E-state index contributed by atoms with van der Waals surface area (Å²) >= 11 is 1.72. The van der Waals surface area contributed by atoms with E-state index in [-0.39, 0.29) is 5.41 Å². The summed E-state index contributed by atoms with van der Waals surface area (Å²) in [6.45, 7) is 2.08. The summed E-state index contributed by atoms with van der Waals surface area (Å²) in [5, 5.41) is 11.0. The lowest BCUT2D eigenvalue weighted by molar-refractivity contribution is 0.935. The number of aryl methyl sites for hydroxylation is 1. The second-order valence-corrected chi connectivity index (χ2v) is 4.09. The molecule has 0 spiro atoms. The highest BCUT2D eigenvalue weighted by atomic mass is 32.1. The number of rotatable bonds is 1. The zero-order valence-electron chi connectivity index (χ0n) is 6.42. The van der Waals surface area contributed by atoms with E-state index in [1.807, 2.05) is 0 Å². The van der Waals surface area contributed by atoms with Gasteiger partial charge in [-0.15, -0.1) is 11.3 Å². The number of hydrogen-bond acceptors (Lipinski definition) is 2. The maximum Gasteiger partial charge on any atom is 0.0916 e. The maximum absolute atomic E-state index is 8.88. The average molecular weight is 163 g/mol. The Kier molecular flexibility index (Phi) is 1.30. The Morgan fingerprint density at radius 1 is 1.64 bits per heavy atom. The van der Waals surface area contributed by atoms with Gasteiger partial charge in [-0.3, -0.25) is 0 Å². The average Bonchev–Trinajstić information content (AvgIpc) is 2.70. The minimum atomic E-state index is -0.0705. The molecule has 2 rings (SSSR count). The molecule has 0 saturated heterocycles. The molecular formula is C9H9NS. The smallest absolute Gasteiger partial charge is 0.0916 e. The van der Waals surface area contributed by atoms with Crippen LogP contribution in [0, 0.1) is 18.3 Å². The van der Waals surface area contributed by atoms with Crippen LogP contribution in [0.5, 0.6) is 0 Å². The number of hydrogen-bond donors (Lipinski definition) is 0. The van der Waals surface area contributed by atoms with Gasteiger partial charge in [0.1, 0.15) is 0 Å². The second-order valence-electron chi connectivity index (χ2n) is 3.18. The highest BCUT2D eigenvalue weighted by Gasteiger charge is 2.45. The molecule has 1 nitrogen and oxygen atoms in total. The van der Waals surface area contributed by atoms with Gasteiger partial charge in [-0.2, -0.15) is 5.26 Å². The zero-order valence-corrected chi connectivity index (χ0v) is 7.24. The summed E-state index contributed by atoms with van der Waals surface area (Å²) in [6, 6.07) is 4.53. The first-order valence-electron chi connectivity index (χ1n) is 3.74. The van der Waals surface area contributed by atoms with Gasteiger partial charge < -0.3 is 0 Å². The predicted molar refractivity (Wildman–Crippen MR) is 45.6 cm³/mol. The van der Waals surface area contributed by atoms with E-state index in [0.29, 0.717) is 0 Å². The summed E-state index contributed by atoms with van der Waals surface area (Å²) in [7, 11) is 0. The van der Waals surface area contributed by atoms with Crippen molar-refractivity contribution < 1.29 is 0 Å². The lowest BCUT2D eigenvalue weighted by Gasteiger charge is -1.98. The van der Waals surface area contributed by atoms with E-state index in [9.17, 15) is 0 Å². The maximum atomic E-state index is 8.88. The Hall–Kier alpha value is -0.810. The van der Waals surface area contributed by atoms with Gasteiger partial charge in [0.2, 0.25) is 0 Å². The molecule has 1 aliphatic rings. The van der Waals surface area contributed by atoms with Crippen LogP contribution in [0.3, 0.4) is 0 Å². The fourth-order valence-electron chi connectivity index (χ4n) is 1.22. The Morgan fingerprint density at radius 3 is 2.73 bits per heavy atom. The van der Waals surface area contributed by atoms with E-state index in [4.69, 9.17) is 5.26 Å². The van der Waals surface area contributed by atoms with E-state index in [1.54, 1.807) is 11.3 Å². The van der Waals surface area contributed by atoms with Crippen molar-refractivity contribution in [3.8, 4) is 6.07 Å². The largest absolute Gasteiger partial charge is 0.197 e. The summed E-state index contributed by atoms with van der Waals surface area (Å²) in [6.07, 6.45) is 2.12. The third-order valence-electron chi connectivity index (χ3n) is 2.17. The van der Waals surface area contributed by atoms with Crippen LogP contribution in [0.2, 0.25) is 0 Å². The number of nitriles is 1. The quantitative estimate of drug-likeness (QED) is 0.624. The molecule has 1 aliphatic carbocycles. The van der Waals surface area contributed by atoms with Gasteiger partial charge in [-0.25, -0.2) is 0 Å². The van der Waals surface area contributed by atoms with Crippen molar-refractivity contribution in [2.75, 3.05) is 0 Å². The first-order valence-corrected chi connectivity index (χ1v) is 4.62. The van der Waals surface area contributed by atoms with Crippen molar-refractivity contribution >= 4 is 11.3 Å². The highest BCUT2D eigenvalue weighted by molar-refractivity contribution is 7.10. The predicted octanol–water partition coefficient (Wildman–Crippen LogP) is 2.61. The molecule has 0 unspecified atom stereocenters. The Labute approximate surface area is 70.3 Å². The normalized spacial score (nSPS) is 19.3. The van der Waals surface area contributed by atoms with Crippen molar-refractivity contribution in [2.24, 2.45) is 0 Å². The van der Waals surface area contributed by atoms with Crippen LogP contribution in [-0.2, 0) is 5.41 Å². The highest BCUT2D eigenvalue weighted by Crippen LogP contribution is 2.49. The fourth-order valence-corrected chi connectivity index (χ4v) is 2.33. The van der Waals surface area contributed by atoms with E-state index >= 15 is 0 Å². The van der Waals surface area contributed by atoms with Gasteiger partial charge in [0.25, 0.3) is 0 Å². The van der Waals surface area contributed by atoms with Gasteiger partial charge in [0, 0.05) is 4.88 Å². The summed E-state index contributed by atoms with van der Waals surface area (Å²) in [5.41, 5.74) is 1.21. The van der Waals surface area contributed by atoms with Crippen LogP contribution in [-0.4, -0.2) is 0 Å². The minimum Gasteiger partial charge on any atom is -0.197 e. The van der Waals surface area contributed by atoms with Crippen LogP contribution in [0.4, 0.5) is 0 Å². The standard InChI is InChI=1S/C9H9NS/c1-7-4-8(11-5-7)9(6-10)2-3-9/h4-5H,2-3H2,1H3. The van der Waals surface area contributed by atoms with Gasteiger partial charge in [-0.05, 0) is 36.8 Å². The second kappa shape index (κ2) is 2.09. The summed E-state index contributed by atoms with van der Waals surface area (Å²) in [4.78, 5) is 1.26. The Balaban J connectivity index is 2.38. The molecule has 0 aromatic carbocycles. The van der Waals surface area contributed by atoms with E-state index in [0.717, 1.165) is 12.8 Å². The Bertz CT molecular complexity index is 315. The first-order chi connectivity index (χ1) is 5.27. The molecule has 11 heavy (non-hydrogen) atoms. The van der Waals surface area contributed by atoms with Gasteiger partial charge >= 0.3 is 0 Å². The Morgan fingerprint density at radius 2 is 2.36 bits per heavy atom. The minimum absolute atomic E-state index is 0.0705. The molecule has 0 amide bonds. The van der Waals surface area contributed by atoms with Crippen LogP contribution in [0.1, 0.15) is 23.3 Å². The molecule has 1 fully saturated rings. The molecular weight excluding hydrogens is 154 g/mol. The van der Waals surface area contributed by atoms with Crippen LogP contribution >= 0.6 is 11.3 Å². The van der Waals surface area contributed by atoms with Crippen molar-refractivity contribution in [2.45, 2.75) is 25.2 Å². The molecule has 0 atom stereocenters. The van der Waals surface area contributed by atoms with Gasteiger partial charge in [0.15, 0.2) is 0 Å². The third-order valence-corrected chi connectivity index (χ3v) is 3.42. The third kappa shape index (κ3) is 0.965. The molecule has 1 aromatic rings. The molecule has 0 radical (unpaired) electrons. The molecule has 1 saturated carbocycles. The molecule has 1 aromatic heterocycles. The molecule has 0 N–H and O–H groups in total. The van der Waals surface area contributed by atoms with Crippen LogP contribution in [0.25, 0.3) is 0 Å². The van der Waals surface area contributed by atoms with E-state index in [2.05, 4.69) is 24.4 Å². The lowest BCUT2D eigenvalue weighted by Crippen LogP contribution is -1.97. The van der Waals surface area contributed by atoms with Gasteiger partial charge in [-0.1, -0.05) is 0 Å².